The highest BCUT2D eigenvalue weighted by Gasteiger charge is 2.85. The van der Waals surface area contributed by atoms with Gasteiger partial charge in [0.25, 0.3) is 0 Å². The zero-order valence-electron chi connectivity index (χ0n) is 39.3. The zero-order valence-corrected chi connectivity index (χ0v) is 39.3. The van der Waals surface area contributed by atoms with Crippen LogP contribution >= 0.6 is 0 Å². The van der Waals surface area contributed by atoms with Crippen molar-refractivity contribution in [1.82, 2.24) is 0 Å². The lowest BCUT2D eigenvalue weighted by atomic mass is 9.41. The van der Waals surface area contributed by atoms with E-state index in [1.807, 2.05) is 13.8 Å². The molecule has 26 atom stereocenters. The van der Waals surface area contributed by atoms with E-state index in [0.717, 1.165) is 25.7 Å². The van der Waals surface area contributed by atoms with Crippen LogP contribution < -0.4 is 0 Å². The Labute approximate surface area is 386 Å². The molecule has 8 unspecified atom stereocenters. The predicted molar refractivity (Wildman–Crippen MR) is 226 cm³/mol. The summed E-state index contributed by atoms with van der Waals surface area (Å²) in [6.45, 7) is 13.0. The highest BCUT2D eigenvalue weighted by Crippen LogP contribution is 2.89. The Bertz CT molecular complexity index is 1770. The van der Waals surface area contributed by atoms with Crippen molar-refractivity contribution >= 4 is 0 Å². The minimum Gasteiger partial charge on any atom is -0.394 e. The van der Waals surface area contributed by atoms with E-state index < -0.39 is 151 Å². The minimum atomic E-state index is -1.65. The smallest absolute Gasteiger partial charge is 0.187 e. The summed E-state index contributed by atoms with van der Waals surface area (Å²) in [5.41, 5.74) is -3.88. The molecule has 9 aliphatic rings. The number of fused-ring (bicyclic) bond motifs is 2. The average molecular weight is 947 g/mol. The molecule has 66 heavy (non-hydrogen) atoms. The molecule has 19 heteroatoms. The Hall–Kier alpha value is -0.760. The molecular formula is C47H78O19. The molecule has 0 aromatic rings. The van der Waals surface area contributed by atoms with Crippen LogP contribution in [-0.2, 0) is 33.2 Å². The normalized spacial score (nSPS) is 58.0. The van der Waals surface area contributed by atoms with E-state index in [9.17, 15) is 61.3 Å². The molecule has 12 N–H and O–H groups in total. The van der Waals surface area contributed by atoms with Gasteiger partial charge in [-0.05, 0) is 117 Å². The lowest BCUT2D eigenvalue weighted by molar-refractivity contribution is -0.339. The second kappa shape index (κ2) is 16.9. The number of aliphatic hydroxyl groups is 12. The summed E-state index contributed by atoms with van der Waals surface area (Å²) in [6.07, 6.45) is -16.3. The molecular weight excluding hydrogens is 868 g/mol. The molecule has 0 radical (unpaired) electrons. The van der Waals surface area contributed by atoms with Crippen molar-refractivity contribution in [3.05, 3.63) is 0 Å². The van der Waals surface area contributed by atoms with Crippen LogP contribution in [0.1, 0.15) is 106 Å². The molecule has 0 aromatic heterocycles. The fourth-order valence-electron chi connectivity index (χ4n) is 16.4. The van der Waals surface area contributed by atoms with Crippen LogP contribution in [0.2, 0.25) is 0 Å². The predicted octanol–water partition coefficient (Wildman–Crippen LogP) is -1.45. The van der Waals surface area contributed by atoms with Crippen molar-refractivity contribution in [1.29, 1.82) is 0 Å². The summed E-state index contributed by atoms with van der Waals surface area (Å²) in [4.78, 5) is 0. The zero-order chi connectivity index (χ0) is 48.1. The van der Waals surface area contributed by atoms with Gasteiger partial charge in [-0.1, -0.05) is 27.7 Å². The molecule has 9 rings (SSSR count). The molecule has 0 amide bonds. The monoisotopic (exact) mass is 947 g/mol. The van der Waals surface area contributed by atoms with Gasteiger partial charge in [0.2, 0.25) is 0 Å². The van der Waals surface area contributed by atoms with E-state index in [2.05, 4.69) is 34.6 Å². The van der Waals surface area contributed by atoms with Gasteiger partial charge in [-0.2, -0.15) is 0 Å². The van der Waals surface area contributed by atoms with Gasteiger partial charge in [-0.15, -0.1) is 0 Å². The first kappa shape index (κ1) is 50.2. The molecule has 380 valence electrons. The molecule has 0 bridgehead atoms. The van der Waals surface area contributed by atoms with Crippen LogP contribution in [0.3, 0.4) is 0 Å². The lowest BCUT2D eigenvalue weighted by Crippen LogP contribution is -2.65. The van der Waals surface area contributed by atoms with E-state index in [1.54, 1.807) is 0 Å². The summed E-state index contributed by atoms with van der Waals surface area (Å²) >= 11 is 0. The second-order valence-corrected chi connectivity index (χ2v) is 23.8. The topological polar surface area (TPSA) is 307 Å². The first-order chi connectivity index (χ1) is 30.8. The number of hydrogen-bond acceptors (Lipinski definition) is 19. The maximum absolute atomic E-state index is 12.5. The molecule has 2 spiro atoms. The van der Waals surface area contributed by atoms with Crippen LogP contribution in [-0.4, -0.2) is 203 Å². The van der Waals surface area contributed by atoms with Gasteiger partial charge in [-0.3, -0.25) is 0 Å². The van der Waals surface area contributed by atoms with Crippen LogP contribution in [0.4, 0.5) is 0 Å². The number of aliphatic hydroxyl groups excluding tert-OH is 12. The van der Waals surface area contributed by atoms with Gasteiger partial charge < -0.3 is 94.4 Å². The third-order valence-corrected chi connectivity index (χ3v) is 19.9. The highest BCUT2D eigenvalue weighted by molar-refractivity contribution is 5.33. The largest absolute Gasteiger partial charge is 0.394 e. The van der Waals surface area contributed by atoms with Gasteiger partial charge in [0.1, 0.15) is 67.1 Å². The molecule has 0 aromatic carbocycles. The van der Waals surface area contributed by atoms with Gasteiger partial charge >= 0.3 is 0 Å². The lowest BCUT2D eigenvalue weighted by Gasteiger charge is -2.65. The van der Waals surface area contributed by atoms with Gasteiger partial charge in [0.15, 0.2) is 18.9 Å². The second-order valence-electron chi connectivity index (χ2n) is 23.8. The quantitative estimate of drug-likeness (QED) is 0.112. The van der Waals surface area contributed by atoms with Crippen LogP contribution in [0, 0.1) is 44.8 Å². The number of rotatable bonds is 10. The fourth-order valence-corrected chi connectivity index (χ4v) is 16.4. The number of hydrogen-bond donors (Lipinski definition) is 12. The van der Waals surface area contributed by atoms with Crippen molar-refractivity contribution < 1.29 is 94.4 Å². The Morgan fingerprint density at radius 2 is 1.20 bits per heavy atom. The number of ether oxygens (including phenoxy) is 7. The third-order valence-electron chi connectivity index (χ3n) is 19.9. The summed E-state index contributed by atoms with van der Waals surface area (Å²) in [6, 6.07) is 0. The van der Waals surface area contributed by atoms with E-state index in [-0.39, 0.29) is 35.2 Å². The van der Waals surface area contributed by atoms with Gasteiger partial charge in [0, 0.05) is 5.92 Å². The van der Waals surface area contributed by atoms with Crippen molar-refractivity contribution in [2.45, 2.75) is 228 Å². The van der Waals surface area contributed by atoms with Crippen LogP contribution in [0.25, 0.3) is 0 Å². The summed E-state index contributed by atoms with van der Waals surface area (Å²) in [7, 11) is 0. The first-order valence-corrected chi connectivity index (χ1v) is 24.4. The van der Waals surface area contributed by atoms with Gasteiger partial charge in [0.05, 0.1) is 55.4 Å². The Balaban J connectivity index is 1.01. The van der Waals surface area contributed by atoms with Crippen molar-refractivity contribution in [2.75, 3.05) is 19.8 Å². The Morgan fingerprint density at radius 1 is 0.591 bits per heavy atom. The average Bonchev–Trinajstić information content (AvgIpc) is 3.63. The van der Waals surface area contributed by atoms with E-state index in [4.69, 9.17) is 33.2 Å². The molecule has 9 fully saturated rings. The molecule has 5 saturated carbocycles. The standard InChI is InChI=1S/C47H78O19/c1-41(2)26(64-38-33(57)28(52)21(51)18-60-38)9-11-47-19-46(47)13-12-43(5)36(45(7)10-8-27(65-45)42(3,4)66-40-35(59)32(56)30(54)24(17-49)63-40)20(50)15-44(43,6)25(46)14-22(37(41)47)61-39-34(58)31(55)29(53)23(16-48)62-39/h20-40,48-59H,8-19H2,1-7H3/t20?,21-,22+,23-,24-,25?,26?,27?,28-,29-,30-,31-,32-,33-,34-,35-,36?,37?,38+,39-,40+,43-,44+,45-,46?,47?/m1/s1. The van der Waals surface area contributed by atoms with Crippen molar-refractivity contribution in [3.63, 3.8) is 0 Å². The van der Waals surface area contributed by atoms with Crippen molar-refractivity contribution in [2.24, 2.45) is 44.8 Å². The first-order valence-electron chi connectivity index (χ1n) is 24.4. The van der Waals surface area contributed by atoms with Crippen LogP contribution in [0.5, 0.6) is 0 Å². The highest BCUT2D eigenvalue weighted by atomic mass is 16.7. The third kappa shape index (κ3) is 7.22. The summed E-state index contributed by atoms with van der Waals surface area (Å²) in [5, 5.41) is 129. The molecule has 5 aliphatic carbocycles. The Kier molecular flexibility index (Phi) is 12.9. The molecule has 4 saturated heterocycles. The van der Waals surface area contributed by atoms with E-state index >= 15 is 0 Å². The molecule has 4 aliphatic heterocycles. The molecule has 4 heterocycles. The Morgan fingerprint density at radius 3 is 1.83 bits per heavy atom. The van der Waals surface area contributed by atoms with Crippen LogP contribution in [0.15, 0.2) is 0 Å². The summed E-state index contributed by atoms with van der Waals surface area (Å²) < 4.78 is 44.3. The SMILES string of the molecule is CC(C)(O[C@@H]1O[C@H](CO)[C@@H](O)[C@@H](O)[C@H]1O)C1CC[C@](C)(C2C(O)C[C@@]3(C)C4C[C@H](O[C@@H]5O[C@H](CO)[C@@H](O)[C@@H](O)[C@H]5O)C5C(C)(C)C(O[C@@H]6OC[C@@H](O)[C@@H](O)[C@H]6O)CCC56CC46CC[C@]23C)O1. The van der Waals surface area contributed by atoms with E-state index in [0.29, 0.717) is 32.1 Å². The van der Waals surface area contributed by atoms with Crippen molar-refractivity contribution in [3.8, 4) is 0 Å². The fraction of sp³-hybridized carbons (Fsp3) is 1.00. The van der Waals surface area contributed by atoms with E-state index in [1.165, 1.54) is 0 Å². The minimum absolute atomic E-state index is 0.00898. The van der Waals surface area contributed by atoms with Gasteiger partial charge in [-0.25, -0.2) is 0 Å². The molecule has 19 nitrogen and oxygen atoms in total. The maximum Gasteiger partial charge on any atom is 0.187 e. The summed E-state index contributed by atoms with van der Waals surface area (Å²) in [5.74, 6) is -0.523. The maximum atomic E-state index is 12.5.